The first-order valence-corrected chi connectivity index (χ1v) is 4.73. The van der Waals surface area contributed by atoms with Crippen LogP contribution in [0.2, 0.25) is 0 Å². The van der Waals surface area contributed by atoms with Gasteiger partial charge in [-0.15, -0.1) is 5.10 Å². The number of rotatable bonds is 6. The van der Waals surface area contributed by atoms with Gasteiger partial charge in [0.25, 0.3) is 0 Å². The van der Waals surface area contributed by atoms with E-state index in [1.54, 1.807) is 11.0 Å². The number of hydrogen-bond donors (Lipinski definition) is 1. The maximum atomic E-state index is 3.78. The van der Waals surface area contributed by atoms with E-state index in [0.29, 0.717) is 6.04 Å². The first kappa shape index (κ1) is 10.1. The van der Waals surface area contributed by atoms with E-state index in [-0.39, 0.29) is 0 Å². The second-order valence-electron chi connectivity index (χ2n) is 3.39. The van der Waals surface area contributed by atoms with Gasteiger partial charge in [-0.3, -0.25) is 0 Å². The van der Waals surface area contributed by atoms with Gasteiger partial charge in [-0.2, -0.15) is 0 Å². The molecule has 0 aliphatic carbocycles. The molecule has 0 saturated heterocycles. The molecule has 0 fully saturated rings. The molecule has 0 amide bonds. The largest absolute Gasteiger partial charge is 0.315 e. The van der Waals surface area contributed by atoms with E-state index in [4.69, 9.17) is 0 Å². The summed E-state index contributed by atoms with van der Waals surface area (Å²) in [5.41, 5.74) is 0. The fourth-order valence-corrected chi connectivity index (χ4v) is 1.07. The van der Waals surface area contributed by atoms with E-state index in [1.165, 1.54) is 0 Å². The zero-order valence-electron chi connectivity index (χ0n) is 8.27. The summed E-state index contributed by atoms with van der Waals surface area (Å²) in [7, 11) is 0. The zero-order chi connectivity index (χ0) is 9.52. The molecule has 0 aliphatic heterocycles. The maximum Gasteiger partial charge on any atom is 0.138 e. The highest BCUT2D eigenvalue weighted by molar-refractivity contribution is 4.53. The molecule has 1 aromatic heterocycles. The fourth-order valence-electron chi connectivity index (χ4n) is 1.07. The van der Waals surface area contributed by atoms with Crippen LogP contribution in [0.3, 0.4) is 0 Å². The van der Waals surface area contributed by atoms with Crippen molar-refractivity contribution in [3.63, 3.8) is 0 Å². The smallest absolute Gasteiger partial charge is 0.138 e. The summed E-state index contributed by atoms with van der Waals surface area (Å²) in [4.78, 5) is 0. The first-order chi connectivity index (χ1) is 6.29. The Kier molecular flexibility index (Phi) is 4.39. The van der Waals surface area contributed by atoms with Crippen LogP contribution in [0.15, 0.2) is 6.33 Å². The number of aromatic nitrogens is 4. The van der Waals surface area contributed by atoms with Crippen LogP contribution in [-0.4, -0.2) is 32.8 Å². The van der Waals surface area contributed by atoms with E-state index in [2.05, 4.69) is 34.7 Å². The summed E-state index contributed by atoms with van der Waals surface area (Å²) >= 11 is 0. The van der Waals surface area contributed by atoms with Crippen molar-refractivity contribution in [1.82, 2.24) is 25.5 Å². The number of aryl methyl sites for hydroxylation is 1. The van der Waals surface area contributed by atoms with E-state index in [0.717, 1.165) is 25.9 Å². The molecule has 1 rings (SSSR count). The lowest BCUT2D eigenvalue weighted by molar-refractivity contribution is 0.504. The summed E-state index contributed by atoms with van der Waals surface area (Å²) < 4.78 is 1.76. The molecule has 0 aliphatic rings. The average Bonchev–Trinajstić information content (AvgIpc) is 2.55. The Labute approximate surface area is 78.5 Å². The molecular weight excluding hydrogens is 166 g/mol. The van der Waals surface area contributed by atoms with Crippen molar-refractivity contribution < 1.29 is 0 Å². The van der Waals surface area contributed by atoms with E-state index >= 15 is 0 Å². The SMILES string of the molecule is CC(C)NCCCCn1cnnn1. The van der Waals surface area contributed by atoms with Crippen LogP contribution in [0.5, 0.6) is 0 Å². The van der Waals surface area contributed by atoms with Gasteiger partial charge in [0, 0.05) is 12.6 Å². The van der Waals surface area contributed by atoms with E-state index < -0.39 is 0 Å². The molecule has 13 heavy (non-hydrogen) atoms. The maximum absolute atomic E-state index is 3.78. The van der Waals surface area contributed by atoms with Gasteiger partial charge in [0.15, 0.2) is 0 Å². The summed E-state index contributed by atoms with van der Waals surface area (Å²) in [5.74, 6) is 0. The molecule has 0 spiro atoms. The van der Waals surface area contributed by atoms with Crippen molar-refractivity contribution in [2.75, 3.05) is 6.54 Å². The van der Waals surface area contributed by atoms with Gasteiger partial charge in [-0.05, 0) is 29.8 Å². The second kappa shape index (κ2) is 5.64. The highest BCUT2D eigenvalue weighted by Gasteiger charge is 1.94. The van der Waals surface area contributed by atoms with Crippen LogP contribution in [-0.2, 0) is 6.54 Å². The van der Waals surface area contributed by atoms with Crippen molar-refractivity contribution in [1.29, 1.82) is 0 Å². The molecule has 0 bridgehead atoms. The lowest BCUT2D eigenvalue weighted by Gasteiger charge is -2.06. The van der Waals surface area contributed by atoms with Gasteiger partial charge in [0.2, 0.25) is 0 Å². The Morgan fingerprint density at radius 2 is 2.23 bits per heavy atom. The minimum absolute atomic E-state index is 0.577. The van der Waals surface area contributed by atoms with Gasteiger partial charge in [-0.1, -0.05) is 13.8 Å². The molecule has 1 heterocycles. The minimum atomic E-state index is 0.577. The van der Waals surface area contributed by atoms with Crippen molar-refractivity contribution in [2.24, 2.45) is 0 Å². The Morgan fingerprint density at radius 3 is 2.85 bits per heavy atom. The molecule has 74 valence electrons. The lowest BCUT2D eigenvalue weighted by Crippen LogP contribution is -2.23. The molecular formula is C8H17N5. The molecule has 1 aromatic rings. The van der Waals surface area contributed by atoms with Crippen LogP contribution in [0.25, 0.3) is 0 Å². The molecule has 0 saturated carbocycles. The molecule has 0 atom stereocenters. The number of nitrogens with zero attached hydrogens (tertiary/aromatic N) is 4. The highest BCUT2D eigenvalue weighted by Crippen LogP contribution is 1.91. The summed E-state index contributed by atoms with van der Waals surface area (Å²) in [5, 5.41) is 14.3. The quantitative estimate of drug-likeness (QED) is 0.651. The fraction of sp³-hybridized carbons (Fsp3) is 0.875. The minimum Gasteiger partial charge on any atom is -0.315 e. The predicted molar refractivity (Wildman–Crippen MR) is 50.2 cm³/mol. The zero-order valence-corrected chi connectivity index (χ0v) is 8.27. The summed E-state index contributed by atoms with van der Waals surface area (Å²) in [6.45, 7) is 6.29. The number of unbranched alkanes of at least 4 members (excludes halogenated alkanes) is 1. The number of tetrazole rings is 1. The van der Waals surface area contributed by atoms with Crippen LogP contribution in [0, 0.1) is 0 Å². The molecule has 0 radical (unpaired) electrons. The summed E-state index contributed by atoms with van der Waals surface area (Å²) in [6.07, 6.45) is 3.93. The van der Waals surface area contributed by atoms with Crippen molar-refractivity contribution in [2.45, 2.75) is 39.3 Å². The third kappa shape index (κ3) is 4.57. The topological polar surface area (TPSA) is 55.6 Å². The van der Waals surface area contributed by atoms with Gasteiger partial charge in [0.1, 0.15) is 6.33 Å². The Morgan fingerprint density at radius 1 is 1.38 bits per heavy atom. The standard InChI is InChI=1S/C8H17N5/c1-8(2)9-5-3-4-6-13-7-10-11-12-13/h7-9H,3-6H2,1-2H3. The van der Waals surface area contributed by atoms with Crippen LogP contribution in [0.1, 0.15) is 26.7 Å². The van der Waals surface area contributed by atoms with Gasteiger partial charge in [-0.25, -0.2) is 4.68 Å². The first-order valence-electron chi connectivity index (χ1n) is 4.73. The van der Waals surface area contributed by atoms with E-state index in [9.17, 15) is 0 Å². The third-order valence-corrected chi connectivity index (χ3v) is 1.76. The molecule has 5 nitrogen and oxygen atoms in total. The number of nitrogens with one attached hydrogen (secondary N) is 1. The average molecular weight is 183 g/mol. The Hall–Kier alpha value is -0.970. The molecule has 5 heteroatoms. The normalized spacial score (nSPS) is 11.0. The third-order valence-electron chi connectivity index (χ3n) is 1.76. The lowest BCUT2D eigenvalue weighted by atomic mass is 10.3. The summed E-state index contributed by atoms with van der Waals surface area (Å²) in [6, 6.07) is 0.577. The highest BCUT2D eigenvalue weighted by atomic mass is 15.5. The van der Waals surface area contributed by atoms with E-state index in [1.807, 2.05) is 0 Å². The van der Waals surface area contributed by atoms with Crippen LogP contribution < -0.4 is 5.32 Å². The Bertz CT molecular complexity index is 206. The van der Waals surface area contributed by atoms with Gasteiger partial charge in [0.05, 0.1) is 0 Å². The Balaban J connectivity index is 1.96. The van der Waals surface area contributed by atoms with Gasteiger partial charge < -0.3 is 5.32 Å². The predicted octanol–water partition coefficient (Wildman–Crippen LogP) is 0.451. The van der Waals surface area contributed by atoms with Crippen LogP contribution in [0.4, 0.5) is 0 Å². The monoisotopic (exact) mass is 183 g/mol. The molecule has 0 unspecified atom stereocenters. The van der Waals surface area contributed by atoms with Crippen molar-refractivity contribution in [3.8, 4) is 0 Å². The second-order valence-corrected chi connectivity index (χ2v) is 3.39. The van der Waals surface area contributed by atoms with Crippen LogP contribution >= 0.6 is 0 Å². The van der Waals surface area contributed by atoms with Crippen molar-refractivity contribution >= 4 is 0 Å². The number of hydrogen-bond acceptors (Lipinski definition) is 4. The van der Waals surface area contributed by atoms with Crippen molar-refractivity contribution in [3.05, 3.63) is 6.33 Å². The molecule has 1 N–H and O–H groups in total. The molecule has 0 aromatic carbocycles. The van der Waals surface area contributed by atoms with Gasteiger partial charge >= 0.3 is 0 Å².